The van der Waals surface area contributed by atoms with Crippen LogP contribution in [0.3, 0.4) is 0 Å². The first-order valence-corrected chi connectivity index (χ1v) is 12.2. The first kappa shape index (κ1) is 29.1. The van der Waals surface area contributed by atoms with E-state index < -0.39 is 17.7 Å². The molecule has 1 heterocycles. The lowest BCUT2D eigenvalue weighted by Crippen LogP contribution is -2.37. The highest BCUT2D eigenvalue weighted by molar-refractivity contribution is 6.31. The normalized spacial score (nSPS) is 10.8. The van der Waals surface area contributed by atoms with Gasteiger partial charge in [-0.25, -0.2) is 23.9 Å². The Morgan fingerprint density at radius 3 is 2.44 bits per heavy atom. The zero-order valence-corrected chi connectivity index (χ0v) is 22.7. The van der Waals surface area contributed by atoms with Gasteiger partial charge < -0.3 is 19.7 Å². The number of urea groups is 1. The first-order valence-electron chi connectivity index (χ1n) is 11.9. The molecular formula is C27H28ClFN6O4. The van der Waals surface area contributed by atoms with Crippen LogP contribution in [0.5, 0.6) is 5.75 Å². The molecule has 0 saturated carbocycles. The second-order valence-corrected chi connectivity index (χ2v) is 9.81. The van der Waals surface area contributed by atoms with Gasteiger partial charge in [0, 0.05) is 18.1 Å². The molecule has 0 aliphatic heterocycles. The van der Waals surface area contributed by atoms with Crippen LogP contribution in [0.25, 0.3) is 0 Å². The van der Waals surface area contributed by atoms with Crippen LogP contribution in [-0.4, -0.2) is 46.2 Å². The molecule has 0 spiro atoms. The van der Waals surface area contributed by atoms with E-state index in [2.05, 4.69) is 20.6 Å². The van der Waals surface area contributed by atoms with Crippen LogP contribution in [0.15, 0.2) is 48.8 Å². The number of benzene rings is 2. The molecule has 0 fully saturated rings. The number of hydrogen-bond acceptors (Lipinski definition) is 7. The third-order valence-corrected chi connectivity index (χ3v) is 5.57. The lowest BCUT2D eigenvalue weighted by Gasteiger charge is -2.28. The lowest BCUT2D eigenvalue weighted by atomic mass is 10.1. The molecule has 1 aromatic heterocycles. The summed E-state index contributed by atoms with van der Waals surface area (Å²) < 4.78 is 24.4. The predicted octanol–water partition coefficient (Wildman–Crippen LogP) is 5.77. The monoisotopic (exact) mass is 554 g/mol. The minimum Gasteiger partial charge on any atom is -0.495 e. The fourth-order valence-corrected chi connectivity index (χ4v) is 3.66. The van der Waals surface area contributed by atoms with Crippen molar-refractivity contribution in [3.63, 3.8) is 0 Å². The number of carbonyl (C=O) groups is 2. The molecular weight excluding hydrogens is 527 g/mol. The maximum Gasteiger partial charge on any atom is 0.410 e. The van der Waals surface area contributed by atoms with Crippen molar-refractivity contribution >= 4 is 35.2 Å². The summed E-state index contributed by atoms with van der Waals surface area (Å²) >= 11 is 6.53. The molecule has 0 radical (unpaired) electrons. The van der Waals surface area contributed by atoms with Crippen molar-refractivity contribution in [3.8, 4) is 11.8 Å². The van der Waals surface area contributed by atoms with Gasteiger partial charge in [-0.05, 0) is 62.6 Å². The van der Waals surface area contributed by atoms with Crippen molar-refractivity contribution < 1.29 is 23.5 Å². The molecule has 10 nitrogen and oxygen atoms in total. The third kappa shape index (κ3) is 8.83. The maximum atomic E-state index is 13.4. The van der Waals surface area contributed by atoms with Crippen LogP contribution >= 0.6 is 11.6 Å². The highest BCUT2D eigenvalue weighted by Crippen LogP contribution is 2.32. The fraction of sp³-hybridized carbons (Fsp3) is 0.296. The van der Waals surface area contributed by atoms with E-state index in [1.54, 1.807) is 39.0 Å². The molecule has 12 heteroatoms. The Bertz CT molecular complexity index is 1350. The van der Waals surface area contributed by atoms with E-state index in [0.29, 0.717) is 28.4 Å². The van der Waals surface area contributed by atoms with Crippen molar-refractivity contribution in [2.45, 2.75) is 39.3 Å². The van der Waals surface area contributed by atoms with Gasteiger partial charge in [0.1, 0.15) is 23.2 Å². The highest BCUT2D eigenvalue weighted by Gasteiger charge is 2.23. The number of halogens is 2. The summed E-state index contributed by atoms with van der Waals surface area (Å²) in [7, 11) is 1.45. The number of methoxy groups -OCH3 is 1. The van der Waals surface area contributed by atoms with Crippen LogP contribution in [0.4, 0.5) is 25.5 Å². The topological polar surface area (TPSA) is 129 Å². The van der Waals surface area contributed by atoms with Crippen molar-refractivity contribution in [1.82, 2.24) is 14.9 Å². The number of nitriles is 1. The summed E-state index contributed by atoms with van der Waals surface area (Å²) in [5.41, 5.74) is 1.14. The number of ether oxygens (including phenoxy) is 2. The van der Waals surface area contributed by atoms with E-state index in [4.69, 9.17) is 26.3 Å². The zero-order chi connectivity index (χ0) is 28.6. The third-order valence-electron chi connectivity index (χ3n) is 5.21. The van der Waals surface area contributed by atoms with Crippen molar-refractivity contribution in [2.24, 2.45) is 0 Å². The van der Waals surface area contributed by atoms with Crippen LogP contribution in [0.2, 0.25) is 5.02 Å². The number of amides is 3. The van der Waals surface area contributed by atoms with Crippen LogP contribution < -0.4 is 15.4 Å². The smallest absolute Gasteiger partial charge is 0.410 e. The number of aromatic nitrogens is 2. The molecule has 0 bridgehead atoms. The second-order valence-electron chi connectivity index (χ2n) is 9.40. The van der Waals surface area contributed by atoms with Crippen LogP contribution in [0, 0.1) is 17.1 Å². The van der Waals surface area contributed by atoms with E-state index in [9.17, 15) is 14.0 Å². The number of nitrogens with zero attached hydrogens (tertiary/aromatic N) is 4. The Balaban J connectivity index is 1.73. The molecule has 0 aliphatic carbocycles. The molecule has 0 atom stereocenters. The maximum absolute atomic E-state index is 13.4. The Labute approximate surface area is 230 Å². The Kier molecular flexibility index (Phi) is 9.62. The zero-order valence-electron chi connectivity index (χ0n) is 21.9. The summed E-state index contributed by atoms with van der Waals surface area (Å²) in [6.07, 6.45) is 2.32. The van der Waals surface area contributed by atoms with Gasteiger partial charge in [-0.3, -0.25) is 5.32 Å². The molecule has 3 rings (SSSR count). The molecule has 3 aromatic rings. The molecule has 2 aromatic carbocycles. The van der Waals surface area contributed by atoms with E-state index in [0.717, 1.165) is 5.56 Å². The molecule has 3 amide bonds. The Morgan fingerprint density at radius 2 is 1.85 bits per heavy atom. The van der Waals surface area contributed by atoms with Crippen molar-refractivity contribution in [2.75, 3.05) is 24.3 Å². The SMILES string of the molecule is COc1cc(CCN(Cc2ccc(F)cc2)C(=O)OC(C)(C)C)c(Cl)cc1NC(=O)Nc1cnc(C#N)cn1. The summed E-state index contributed by atoms with van der Waals surface area (Å²) in [5, 5.41) is 14.3. The summed E-state index contributed by atoms with van der Waals surface area (Å²) in [4.78, 5) is 34.7. The summed E-state index contributed by atoms with van der Waals surface area (Å²) in [6.45, 7) is 5.79. The van der Waals surface area contributed by atoms with Gasteiger partial charge in [-0.2, -0.15) is 5.26 Å². The quantitative estimate of drug-likeness (QED) is 0.361. The fourth-order valence-electron chi connectivity index (χ4n) is 3.40. The van der Waals surface area contributed by atoms with Gasteiger partial charge in [-0.1, -0.05) is 23.7 Å². The number of nitrogens with one attached hydrogen (secondary N) is 2. The first-order chi connectivity index (χ1) is 18.5. The van der Waals surface area contributed by atoms with Gasteiger partial charge in [0.25, 0.3) is 0 Å². The van der Waals surface area contributed by atoms with Gasteiger partial charge in [0.2, 0.25) is 0 Å². The summed E-state index contributed by atoms with van der Waals surface area (Å²) in [5.74, 6) is 0.128. The minimum atomic E-state index is -0.698. The molecule has 39 heavy (non-hydrogen) atoms. The standard InChI is InChI=1S/C27H28ClFN6O4/c1-27(2,3)39-26(37)35(16-17-5-7-19(29)8-6-17)10-9-18-11-23(38-4)22(12-21(18)28)33-25(36)34-24-15-31-20(13-30)14-32-24/h5-8,11-12,14-15H,9-10,16H2,1-4H3,(H2,32,33,34,36). The second kappa shape index (κ2) is 12.9. The lowest BCUT2D eigenvalue weighted by molar-refractivity contribution is 0.0236. The number of rotatable bonds is 8. The molecule has 0 unspecified atom stereocenters. The number of anilines is 2. The average Bonchev–Trinajstić information content (AvgIpc) is 2.88. The van der Waals surface area contributed by atoms with Crippen molar-refractivity contribution in [1.29, 1.82) is 5.26 Å². The summed E-state index contributed by atoms with van der Waals surface area (Å²) in [6, 6.07) is 10.3. The Morgan fingerprint density at radius 1 is 1.13 bits per heavy atom. The van der Waals surface area contributed by atoms with Crippen molar-refractivity contribution in [3.05, 3.63) is 76.5 Å². The van der Waals surface area contributed by atoms with E-state index in [1.165, 1.54) is 42.6 Å². The minimum absolute atomic E-state index is 0.118. The van der Waals surface area contributed by atoms with E-state index in [-0.39, 0.29) is 30.4 Å². The highest BCUT2D eigenvalue weighted by atomic mass is 35.5. The molecule has 2 N–H and O–H groups in total. The van der Waals surface area contributed by atoms with E-state index in [1.807, 2.05) is 6.07 Å². The average molecular weight is 555 g/mol. The predicted molar refractivity (Wildman–Crippen MR) is 144 cm³/mol. The Hall–Kier alpha value is -4.43. The molecule has 0 saturated heterocycles. The van der Waals surface area contributed by atoms with Crippen LogP contribution in [-0.2, 0) is 17.7 Å². The largest absolute Gasteiger partial charge is 0.495 e. The van der Waals surface area contributed by atoms with E-state index >= 15 is 0 Å². The molecule has 204 valence electrons. The van der Waals surface area contributed by atoms with Gasteiger partial charge in [0.05, 0.1) is 25.2 Å². The van der Waals surface area contributed by atoms with Gasteiger partial charge in [0.15, 0.2) is 11.5 Å². The van der Waals surface area contributed by atoms with Crippen LogP contribution in [0.1, 0.15) is 37.6 Å². The number of carbonyl (C=O) groups excluding carboxylic acids is 2. The number of hydrogen-bond donors (Lipinski definition) is 2. The molecule has 0 aliphatic rings. The van der Waals surface area contributed by atoms with Gasteiger partial charge in [-0.15, -0.1) is 0 Å². The van der Waals surface area contributed by atoms with Gasteiger partial charge >= 0.3 is 12.1 Å².